The van der Waals surface area contributed by atoms with Crippen LogP contribution in [0.1, 0.15) is 31.9 Å². The Morgan fingerprint density at radius 3 is 2.75 bits per heavy atom. The van der Waals surface area contributed by atoms with E-state index in [0.29, 0.717) is 6.04 Å². The van der Waals surface area contributed by atoms with Crippen LogP contribution in [-0.4, -0.2) is 40.2 Å². The Labute approximate surface area is 171 Å². The number of carbonyl (C=O) groups excluding carboxylic acids is 1. The van der Waals surface area contributed by atoms with E-state index in [4.69, 9.17) is 4.98 Å². The number of hydrogen-bond acceptors (Lipinski definition) is 4. The average Bonchev–Trinajstić information content (AvgIpc) is 2.73. The molecule has 1 amide bonds. The summed E-state index contributed by atoms with van der Waals surface area (Å²) in [4.78, 5) is 20.1. The molecule has 5 heteroatoms. The Bertz CT molecular complexity index is 867. The summed E-state index contributed by atoms with van der Waals surface area (Å²) in [7, 11) is 0. The topological polar surface area (TPSA) is 45.2 Å². The van der Waals surface area contributed by atoms with Crippen molar-refractivity contribution in [3.8, 4) is 11.3 Å². The molecule has 3 heterocycles. The van der Waals surface area contributed by atoms with Crippen LogP contribution in [0.5, 0.6) is 0 Å². The minimum Gasteiger partial charge on any atom is -0.331 e. The Kier molecular flexibility index (Phi) is 5.83. The first-order chi connectivity index (χ1) is 13.7. The van der Waals surface area contributed by atoms with Crippen LogP contribution in [0.25, 0.3) is 11.3 Å². The third-order valence-corrected chi connectivity index (χ3v) is 6.40. The number of rotatable bonds is 5. The lowest BCUT2D eigenvalue weighted by atomic mass is 9.84. The number of nitrogens with one attached hydrogen (secondary N) is 1. The van der Waals surface area contributed by atoms with Gasteiger partial charge in [-0.3, -0.25) is 14.5 Å². The summed E-state index contributed by atoms with van der Waals surface area (Å²) < 4.78 is 3.55. The van der Waals surface area contributed by atoms with E-state index in [0.717, 1.165) is 48.2 Å². The number of benzene rings is 1. The largest absolute Gasteiger partial charge is 0.331 e. The van der Waals surface area contributed by atoms with E-state index in [-0.39, 0.29) is 18.0 Å². The van der Waals surface area contributed by atoms with Gasteiger partial charge in [0.2, 0.25) is 5.91 Å². The third kappa shape index (κ3) is 3.87. The molecule has 2 aliphatic heterocycles. The van der Waals surface area contributed by atoms with Gasteiger partial charge in [-0.05, 0) is 44.6 Å². The maximum atomic E-state index is 13.0. The number of fused-ring (bicyclic) bond motifs is 1. The van der Waals surface area contributed by atoms with Gasteiger partial charge in [0.25, 0.3) is 0 Å². The second-order valence-electron chi connectivity index (χ2n) is 7.65. The molecule has 0 spiro atoms. The zero-order valence-electron chi connectivity index (χ0n) is 16.5. The molecule has 0 saturated carbocycles. The SMILES string of the molecule is CSNC1CCC2CC=C(C)C(=O)N2C1Cc1cccc(-c2ccccc2)n1. The Balaban J connectivity index is 1.63. The molecule has 4 rings (SSSR count). The third-order valence-electron chi connectivity index (χ3n) is 5.86. The minimum atomic E-state index is 0.126. The lowest BCUT2D eigenvalue weighted by Gasteiger charge is -2.48. The van der Waals surface area contributed by atoms with Crippen LogP contribution in [-0.2, 0) is 11.2 Å². The Morgan fingerprint density at radius 2 is 1.96 bits per heavy atom. The van der Waals surface area contributed by atoms with Gasteiger partial charge < -0.3 is 4.90 Å². The predicted molar refractivity (Wildman–Crippen MR) is 116 cm³/mol. The summed E-state index contributed by atoms with van der Waals surface area (Å²) in [5.74, 6) is 0.188. The summed E-state index contributed by atoms with van der Waals surface area (Å²) in [5, 5.41) is 0. The molecular formula is C23H27N3OS. The Hall–Kier alpha value is -2.11. The minimum absolute atomic E-state index is 0.126. The summed E-state index contributed by atoms with van der Waals surface area (Å²) in [6, 6.07) is 17.2. The number of carbonyl (C=O) groups is 1. The van der Waals surface area contributed by atoms with Gasteiger partial charge >= 0.3 is 0 Å². The predicted octanol–water partition coefficient (Wildman–Crippen LogP) is 4.24. The molecule has 0 aliphatic carbocycles. The zero-order valence-corrected chi connectivity index (χ0v) is 17.3. The molecule has 3 unspecified atom stereocenters. The fourth-order valence-electron chi connectivity index (χ4n) is 4.43. The van der Waals surface area contributed by atoms with Gasteiger partial charge in [-0.15, -0.1) is 0 Å². The maximum Gasteiger partial charge on any atom is 0.249 e. The van der Waals surface area contributed by atoms with Crippen molar-refractivity contribution in [2.24, 2.45) is 0 Å². The van der Waals surface area contributed by atoms with Crippen LogP contribution in [0.2, 0.25) is 0 Å². The molecule has 4 nitrogen and oxygen atoms in total. The van der Waals surface area contributed by atoms with Crippen LogP contribution in [0.15, 0.2) is 60.2 Å². The van der Waals surface area contributed by atoms with Crippen LogP contribution < -0.4 is 4.72 Å². The normalized spacial score (nSPS) is 24.6. The fraction of sp³-hybridized carbons (Fsp3) is 0.391. The number of hydrogen-bond donors (Lipinski definition) is 1. The number of piperidine rings is 1. The zero-order chi connectivity index (χ0) is 19.5. The van der Waals surface area contributed by atoms with Gasteiger partial charge in [0.15, 0.2) is 0 Å². The van der Waals surface area contributed by atoms with E-state index in [9.17, 15) is 4.79 Å². The van der Waals surface area contributed by atoms with E-state index >= 15 is 0 Å². The highest BCUT2D eigenvalue weighted by molar-refractivity contribution is 7.96. The molecule has 1 saturated heterocycles. The molecule has 28 heavy (non-hydrogen) atoms. The van der Waals surface area contributed by atoms with Crippen LogP contribution in [0, 0.1) is 0 Å². The van der Waals surface area contributed by atoms with Crippen molar-refractivity contribution < 1.29 is 4.79 Å². The summed E-state index contributed by atoms with van der Waals surface area (Å²) in [5.41, 5.74) is 4.02. The number of aromatic nitrogens is 1. The van der Waals surface area contributed by atoms with Crippen molar-refractivity contribution in [2.75, 3.05) is 6.26 Å². The number of amides is 1. The summed E-state index contributed by atoms with van der Waals surface area (Å²) in [6.45, 7) is 1.94. The van der Waals surface area contributed by atoms with Crippen molar-refractivity contribution in [1.82, 2.24) is 14.6 Å². The van der Waals surface area contributed by atoms with E-state index in [1.54, 1.807) is 11.9 Å². The quantitative estimate of drug-likeness (QED) is 0.772. The van der Waals surface area contributed by atoms with E-state index < -0.39 is 0 Å². The molecular weight excluding hydrogens is 366 g/mol. The molecule has 0 radical (unpaired) electrons. The molecule has 2 aliphatic rings. The summed E-state index contributed by atoms with van der Waals surface area (Å²) in [6.07, 6.45) is 8.05. The first-order valence-corrected chi connectivity index (χ1v) is 11.2. The van der Waals surface area contributed by atoms with Crippen LogP contribution in [0.4, 0.5) is 0 Å². The van der Waals surface area contributed by atoms with Gasteiger partial charge in [-0.25, -0.2) is 0 Å². The van der Waals surface area contributed by atoms with Gasteiger partial charge in [0.1, 0.15) is 0 Å². The lowest BCUT2D eigenvalue weighted by Crippen LogP contribution is -2.60. The van der Waals surface area contributed by atoms with E-state index in [1.165, 1.54) is 0 Å². The van der Waals surface area contributed by atoms with E-state index in [2.05, 4.69) is 52.3 Å². The first kappa shape index (κ1) is 19.2. The Morgan fingerprint density at radius 1 is 1.14 bits per heavy atom. The second kappa shape index (κ2) is 8.50. The summed E-state index contributed by atoms with van der Waals surface area (Å²) >= 11 is 1.64. The molecule has 1 aromatic carbocycles. The van der Waals surface area contributed by atoms with Crippen LogP contribution >= 0.6 is 11.9 Å². The van der Waals surface area contributed by atoms with Crippen LogP contribution in [0.3, 0.4) is 0 Å². The molecule has 1 aromatic heterocycles. The van der Waals surface area contributed by atoms with Gasteiger partial charge in [0, 0.05) is 35.3 Å². The monoisotopic (exact) mass is 393 g/mol. The molecule has 2 aromatic rings. The average molecular weight is 394 g/mol. The highest BCUT2D eigenvalue weighted by Crippen LogP contribution is 2.33. The number of pyridine rings is 1. The highest BCUT2D eigenvalue weighted by atomic mass is 32.2. The van der Waals surface area contributed by atoms with Gasteiger partial charge in [-0.1, -0.05) is 54.4 Å². The van der Waals surface area contributed by atoms with Crippen molar-refractivity contribution >= 4 is 17.9 Å². The lowest BCUT2D eigenvalue weighted by molar-refractivity contribution is -0.135. The van der Waals surface area contributed by atoms with Crippen molar-refractivity contribution in [2.45, 2.75) is 50.7 Å². The van der Waals surface area contributed by atoms with E-state index in [1.807, 2.05) is 25.1 Å². The molecule has 0 bridgehead atoms. The molecule has 1 fully saturated rings. The van der Waals surface area contributed by atoms with Gasteiger partial charge in [-0.2, -0.15) is 0 Å². The molecule has 3 atom stereocenters. The highest BCUT2D eigenvalue weighted by Gasteiger charge is 2.41. The van der Waals surface area contributed by atoms with Gasteiger partial charge in [0.05, 0.1) is 11.7 Å². The van der Waals surface area contributed by atoms with Crippen molar-refractivity contribution in [1.29, 1.82) is 0 Å². The second-order valence-corrected chi connectivity index (χ2v) is 8.29. The first-order valence-electron chi connectivity index (χ1n) is 9.96. The molecule has 146 valence electrons. The fourth-order valence-corrected chi connectivity index (χ4v) is 5.00. The smallest absolute Gasteiger partial charge is 0.249 e. The standard InChI is InChI=1S/C23H27N3OS/c1-16-11-12-19-13-14-21(25-28-2)22(26(19)23(16)27)15-18-9-6-10-20(24-18)17-7-4-3-5-8-17/h3-11,19,21-22,25H,12-15H2,1-2H3. The van der Waals surface area contributed by atoms with Crippen molar-refractivity contribution in [3.63, 3.8) is 0 Å². The molecule has 1 N–H and O–H groups in total. The van der Waals surface area contributed by atoms with Crippen molar-refractivity contribution in [3.05, 3.63) is 65.9 Å². The maximum absolute atomic E-state index is 13.0. The number of nitrogens with zero attached hydrogens (tertiary/aromatic N) is 2.